The maximum atomic E-state index is 4.82. The van der Waals surface area contributed by atoms with Crippen LogP contribution in [0.4, 0.5) is 0 Å². The van der Waals surface area contributed by atoms with Crippen molar-refractivity contribution in [3.8, 4) is 28.3 Å². The summed E-state index contributed by atoms with van der Waals surface area (Å²) < 4.78 is 8.48. The maximum Gasteiger partial charge on any atom is 0.117 e. The van der Waals surface area contributed by atoms with Crippen LogP contribution < -0.4 is 4.98 Å². The summed E-state index contributed by atoms with van der Waals surface area (Å²) in [6.45, 7) is 0. The fourth-order valence-electron chi connectivity index (χ4n) is 2.64. The van der Waals surface area contributed by atoms with Crippen LogP contribution in [0.15, 0.2) is 90.4 Å². The minimum Gasteiger partial charge on any atom is -0.661 e. The van der Waals surface area contributed by atoms with E-state index in [1.807, 2.05) is 54.5 Å². The van der Waals surface area contributed by atoms with Crippen LogP contribution in [0.25, 0.3) is 28.3 Å². The van der Waals surface area contributed by atoms with Crippen LogP contribution in [-0.4, -0.2) is 19.3 Å². The van der Waals surface area contributed by atoms with Gasteiger partial charge in [0.1, 0.15) is 5.82 Å². The normalized spacial score (nSPS) is 10.0. The third-order valence-electron chi connectivity index (χ3n) is 4.00. The predicted octanol–water partition coefficient (Wildman–Crippen LogP) is 3.97. The van der Waals surface area contributed by atoms with Gasteiger partial charge in [0.2, 0.25) is 0 Å². The third-order valence-corrected chi connectivity index (χ3v) is 4.00. The number of hydrogen-bond donors (Lipinski definition) is 0. The molecule has 6 nitrogen and oxygen atoms in total. The van der Waals surface area contributed by atoms with E-state index in [2.05, 4.69) is 39.3 Å². The van der Waals surface area contributed by atoms with E-state index in [4.69, 9.17) is 4.42 Å². The Morgan fingerprint density at radius 3 is 2.54 bits per heavy atom. The molecule has 0 saturated heterocycles. The van der Waals surface area contributed by atoms with Crippen molar-refractivity contribution < 1.29 is 24.5 Å². The second-order valence-electron chi connectivity index (χ2n) is 5.82. The van der Waals surface area contributed by atoms with Crippen LogP contribution in [0.1, 0.15) is 0 Å². The van der Waals surface area contributed by atoms with E-state index in [1.54, 1.807) is 23.3 Å². The molecule has 4 aromatic heterocycles. The smallest absolute Gasteiger partial charge is 0.117 e. The molecule has 0 spiro atoms. The Kier molecular flexibility index (Phi) is 6.42. The van der Waals surface area contributed by atoms with Gasteiger partial charge in [-0.1, -0.05) is 47.8 Å². The number of aryl methyl sites for hydroxylation is 1. The Balaban J connectivity index is 0.000000175. The minimum atomic E-state index is 0. The van der Waals surface area contributed by atoms with Crippen LogP contribution >= 0.6 is 0 Å². The molecule has 5 rings (SSSR count). The summed E-state index contributed by atoms with van der Waals surface area (Å²) in [5.41, 5.74) is 4.05. The summed E-state index contributed by atoms with van der Waals surface area (Å²) in [4.78, 5) is 8.71. The zero-order valence-corrected chi connectivity index (χ0v) is 17.5. The predicted molar refractivity (Wildman–Crippen MR) is 102 cm³/mol. The molecule has 0 aliphatic heterocycles. The zero-order valence-electron chi connectivity index (χ0n) is 15.1. The number of benzene rings is 1. The second-order valence-corrected chi connectivity index (χ2v) is 5.82. The van der Waals surface area contributed by atoms with Crippen molar-refractivity contribution in [2.75, 3.05) is 0 Å². The van der Waals surface area contributed by atoms with Crippen molar-refractivity contribution >= 4 is 0 Å². The van der Waals surface area contributed by atoms with Gasteiger partial charge in [-0.3, -0.25) is 4.68 Å². The largest absolute Gasteiger partial charge is 0.661 e. The van der Waals surface area contributed by atoms with Gasteiger partial charge in [-0.15, -0.1) is 0 Å². The zero-order chi connectivity index (χ0) is 18.5. The fraction of sp³-hybridized carbons (Fsp3) is 0.0476. The first kappa shape index (κ1) is 19.6. The number of nitrogens with zero attached hydrogens (tertiary/aromatic N) is 5. The molecule has 5 aromatic rings. The van der Waals surface area contributed by atoms with Crippen LogP contribution in [-0.2, 0) is 27.2 Å². The van der Waals surface area contributed by atoms with Crippen LogP contribution in [0.5, 0.6) is 0 Å². The van der Waals surface area contributed by atoms with Crippen molar-refractivity contribution in [1.82, 2.24) is 24.3 Å². The van der Waals surface area contributed by atoms with E-state index in [0.29, 0.717) is 0 Å². The first-order valence-electron chi connectivity index (χ1n) is 8.41. The molecule has 4 heterocycles. The molecule has 0 saturated carbocycles. The second kappa shape index (κ2) is 9.17. The molecule has 0 amide bonds. The van der Waals surface area contributed by atoms with Gasteiger partial charge in [0.15, 0.2) is 0 Å². The van der Waals surface area contributed by atoms with Gasteiger partial charge in [0.05, 0.1) is 0 Å². The summed E-state index contributed by atoms with van der Waals surface area (Å²) >= 11 is 0. The Labute approximate surface area is 176 Å². The Morgan fingerprint density at radius 1 is 1.04 bits per heavy atom. The van der Waals surface area contributed by atoms with Gasteiger partial charge in [0, 0.05) is 51.9 Å². The van der Waals surface area contributed by atoms with Crippen LogP contribution in [0.2, 0.25) is 0 Å². The number of furan rings is 1. The quantitative estimate of drug-likeness (QED) is 0.321. The average Bonchev–Trinajstić information content (AvgIpc) is 3.49. The topological polar surface area (TPSA) is 62.9 Å². The molecule has 0 N–H and O–H groups in total. The van der Waals surface area contributed by atoms with E-state index in [1.165, 1.54) is 11.8 Å². The molecule has 28 heavy (non-hydrogen) atoms. The Hall–Kier alpha value is -3.15. The molecule has 0 bridgehead atoms. The maximum absolute atomic E-state index is 4.82. The Bertz CT molecular complexity index is 1050. The van der Waals surface area contributed by atoms with Gasteiger partial charge < -0.3 is 14.0 Å². The van der Waals surface area contributed by atoms with Crippen LogP contribution in [0.3, 0.4) is 0 Å². The molecule has 1 radical (unpaired) electrons. The molecule has 0 aliphatic carbocycles. The van der Waals surface area contributed by atoms with E-state index >= 15 is 0 Å². The van der Waals surface area contributed by atoms with E-state index in [9.17, 15) is 0 Å². The average molecular weight is 548 g/mol. The summed E-state index contributed by atoms with van der Waals surface area (Å²) in [5, 5.41) is 3.98. The van der Waals surface area contributed by atoms with Gasteiger partial charge in [-0.2, -0.15) is 17.4 Å². The molecule has 0 atom stereocenters. The molecule has 143 valence electrons. The number of aromatic nitrogens is 5. The van der Waals surface area contributed by atoms with Crippen molar-refractivity contribution in [3.05, 3.63) is 92.0 Å². The summed E-state index contributed by atoms with van der Waals surface area (Å²) in [6.07, 6.45) is 12.2. The van der Waals surface area contributed by atoms with Crippen LogP contribution in [0, 0.1) is 6.07 Å². The fourth-order valence-corrected chi connectivity index (χ4v) is 2.64. The number of rotatable bonds is 3. The monoisotopic (exact) mass is 548 g/mol. The SMILES string of the molecule is Cn1ccnc1-c1cc(-c2ccccc2)c[n-]1.[Ir].[c-]1cocc1-n1cccn1. The molecule has 0 aliphatic rings. The van der Waals surface area contributed by atoms with Gasteiger partial charge in [0.25, 0.3) is 0 Å². The molecule has 1 aromatic carbocycles. The number of imidazole rings is 1. The van der Waals surface area contributed by atoms with E-state index in [-0.39, 0.29) is 20.1 Å². The summed E-state index contributed by atoms with van der Waals surface area (Å²) in [5.74, 6) is 0.896. The van der Waals surface area contributed by atoms with Crippen molar-refractivity contribution in [2.24, 2.45) is 7.05 Å². The molecular weight excluding hydrogens is 530 g/mol. The minimum absolute atomic E-state index is 0. The van der Waals surface area contributed by atoms with Gasteiger partial charge >= 0.3 is 0 Å². The summed E-state index contributed by atoms with van der Waals surface area (Å²) in [7, 11) is 1.97. The molecule has 7 heteroatoms. The standard InChI is InChI=1S/C14H12N3.C7H5N2O.Ir/c1-17-8-7-15-14(17)13-9-12(10-16-13)11-5-3-2-4-6-11;1-3-8-9(4-1)7-2-5-10-6-7;/h2-10H,1H3;1,3-6H;/q2*-1;. The van der Waals surface area contributed by atoms with E-state index < -0.39 is 0 Å². The first-order valence-corrected chi connectivity index (χ1v) is 8.41. The van der Waals surface area contributed by atoms with Gasteiger partial charge in [-0.05, 0) is 29.7 Å². The molecule has 0 unspecified atom stereocenters. The van der Waals surface area contributed by atoms with Gasteiger partial charge in [-0.25, -0.2) is 4.98 Å². The molecule has 0 fully saturated rings. The molecular formula is C21H17IrN5O-2. The van der Waals surface area contributed by atoms with Crippen molar-refractivity contribution in [2.45, 2.75) is 0 Å². The number of hydrogen-bond acceptors (Lipinski definition) is 3. The summed E-state index contributed by atoms with van der Waals surface area (Å²) in [6, 6.07) is 17.0. The van der Waals surface area contributed by atoms with E-state index in [0.717, 1.165) is 22.8 Å². The van der Waals surface area contributed by atoms with Crippen molar-refractivity contribution in [3.63, 3.8) is 0 Å². The third kappa shape index (κ3) is 4.39. The first-order chi connectivity index (χ1) is 13.3. The Morgan fingerprint density at radius 2 is 1.89 bits per heavy atom. The van der Waals surface area contributed by atoms with Crippen molar-refractivity contribution in [1.29, 1.82) is 0 Å².